The van der Waals surface area contributed by atoms with Gasteiger partial charge < -0.3 is 9.47 Å². The van der Waals surface area contributed by atoms with E-state index in [2.05, 4.69) is 0 Å². The second-order valence-electron chi connectivity index (χ2n) is 2.57. The maximum atomic E-state index is 11.3. The van der Waals surface area contributed by atoms with E-state index in [0.29, 0.717) is 22.9 Å². The summed E-state index contributed by atoms with van der Waals surface area (Å²) < 4.78 is 9.77. The first-order chi connectivity index (χ1) is 6.69. The summed E-state index contributed by atoms with van der Waals surface area (Å²) in [5, 5.41) is 0.401. The lowest BCUT2D eigenvalue weighted by atomic mass is 10.2. The summed E-state index contributed by atoms with van der Waals surface area (Å²) in [5.41, 5.74) is 0.428. The topological polar surface area (TPSA) is 35.5 Å². The van der Waals surface area contributed by atoms with E-state index >= 15 is 0 Å². The van der Waals surface area contributed by atoms with Gasteiger partial charge in [0.05, 0.1) is 24.3 Å². The molecule has 0 saturated heterocycles. The van der Waals surface area contributed by atoms with E-state index in [1.165, 1.54) is 13.2 Å². The molecule has 0 bridgehead atoms. The molecule has 1 aromatic carbocycles. The van der Waals surface area contributed by atoms with Crippen molar-refractivity contribution in [2.45, 2.75) is 6.92 Å². The number of ether oxygens (including phenoxy) is 2. The maximum absolute atomic E-state index is 11.3. The standard InChI is InChI=1S/C10H11ClO3/c1-3-14-10(12)7-4-5-9(13-2)8(11)6-7/h4-6H,3H2,1-2H3. The van der Waals surface area contributed by atoms with Gasteiger partial charge in [-0.3, -0.25) is 0 Å². The van der Waals surface area contributed by atoms with E-state index in [9.17, 15) is 4.79 Å². The monoisotopic (exact) mass is 214 g/mol. The summed E-state index contributed by atoms with van der Waals surface area (Å²) in [5.74, 6) is 0.164. The molecular formula is C10H11ClO3. The molecule has 0 radical (unpaired) electrons. The van der Waals surface area contributed by atoms with Crippen molar-refractivity contribution < 1.29 is 14.3 Å². The van der Waals surface area contributed by atoms with Crippen molar-refractivity contribution in [3.63, 3.8) is 0 Å². The van der Waals surface area contributed by atoms with Crippen LogP contribution in [-0.2, 0) is 4.74 Å². The van der Waals surface area contributed by atoms with Crippen LogP contribution in [0.5, 0.6) is 5.75 Å². The van der Waals surface area contributed by atoms with Gasteiger partial charge in [-0.2, -0.15) is 0 Å². The van der Waals surface area contributed by atoms with Crippen molar-refractivity contribution in [2.75, 3.05) is 13.7 Å². The summed E-state index contributed by atoms with van der Waals surface area (Å²) in [6.07, 6.45) is 0. The first kappa shape index (κ1) is 10.9. The summed E-state index contributed by atoms with van der Waals surface area (Å²) in [7, 11) is 1.52. The molecule has 0 spiro atoms. The van der Waals surface area contributed by atoms with Crippen LogP contribution in [0.15, 0.2) is 18.2 Å². The van der Waals surface area contributed by atoms with E-state index in [1.807, 2.05) is 0 Å². The Hall–Kier alpha value is -1.22. The Bertz CT molecular complexity index is 336. The Morgan fingerprint density at radius 1 is 1.50 bits per heavy atom. The zero-order valence-electron chi connectivity index (χ0n) is 8.04. The SMILES string of the molecule is CCOC(=O)c1ccc(OC)c(Cl)c1. The van der Waals surface area contributed by atoms with Gasteiger partial charge in [0.15, 0.2) is 0 Å². The Balaban J connectivity index is 2.91. The van der Waals surface area contributed by atoms with Crippen LogP contribution < -0.4 is 4.74 Å². The number of benzene rings is 1. The van der Waals surface area contributed by atoms with Crippen LogP contribution in [0.4, 0.5) is 0 Å². The highest BCUT2D eigenvalue weighted by Crippen LogP contribution is 2.25. The van der Waals surface area contributed by atoms with Gasteiger partial charge >= 0.3 is 5.97 Å². The average Bonchev–Trinajstić information content (AvgIpc) is 2.18. The first-order valence-electron chi connectivity index (χ1n) is 4.19. The minimum absolute atomic E-state index is 0.350. The Morgan fingerprint density at radius 2 is 2.21 bits per heavy atom. The Morgan fingerprint density at radius 3 is 2.71 bits per heavy atom. The van der Waals surface area contributed by atoms with Gasteiger partial charge in [-0.1, -0.05) is 11.6 Å². The predicted octanol–water partition coefficient (Wildman–Crippen LogP) is 2.53. The minimum Gasteiger partial charge on any atom is -0.495 e. The molecule has 0 aliphatic heterocycles. The second kappa shape index (κ2) is 4.86. The van der Waals surface area contributed by atoms with Gasteiger partial charge in [-0.05, 0) is 25.1 Å². The molecule has 0 amide bonds. The molecule has 0 fully saturated rings. The summed E-state index contributed by atoms with van der Waals surface area (Å²) >= 11 is 5.84. The third-order valence-electron chi connectivity index (χ3n) is 1.66. The molecule has 3 nitrogen and oxygen atoms in total. The molecule has 0 atom stereocenters. The zero-order chi connectivity index (χ0) is 10.6. The number of methoxy groups -OCH3 is 1. The molecule has 0 saturated carbocycles. The van der Waals surface area contributed by atoms with Crippen LogP contribution in [0, 0.1) is 0 Å². The molecule has 1 aromatic rings. The summed E-state index contributed by atoms with van der Waals surface area (Å²) in [4.78, 5) is 11.3. The second-order valence-corrected chi connectivity index (χ2v) is 2.98. The molecule has 76 valence electrons. The molecule has 0 N–H and O–H groups in total. The molecule has 1 rings (SSSR count). The van der Waals surface area contributed by atoms with E-state index in [4.69, 9.17) is 21.1 Å². The first-order valence-corrected chi connectivity index (χ1v) is 4.57. The number of esters is 1. The van der Waals surface area contributed by atoms with E-state index < -0.39 is 0 Å². The van der Waals surface area contributed by atoms with E-state index in [1.54, 1.807) is 19.1 Å². The van der Waals surface area contributed by atoms with Crippen molar-refractivity contribution in [1.82, 2.24) is 0 Å². The van der Waals surface area contributed by atoms with Crippen LogP contribution in [-0.4, -0.2) is 19.7 Å². The molecule has 0 aliphatic rings. The largest absolute Gasteiger partial charge is 0.495 e. The fourth-order valence-electron chi connectivity index (χ4n) is 1.01. The number of carbonyl (C=O) groups is 1. The van der Waals surface area contributed by atoms with Crippen molar-refractivity contribution in [3.05, 3.63) is 28.8 Å². The highest BCUT2D eigenvalue weighted by molar-refractivity contribution is 6.32. The van der Waals surface area contributed by atoms with Gasteiger partial charge in [0.2, 0.25) is 0 Å². The van der Waals surface area contributed by atoms with Crippen LogP contribution >= 0.6 is 11.6 Å². The predicted molar refractivity (Wildman–Crippen MR) is 54.0 cm³/mol. The zero-order valence-corrected chi connectivity index (χ0v) is 8.80. The van der Waals surface area contributed by atoms with Crippen molar-refractivity contribution in [3.8, 4) is 5.75 Å². The van der Waals surface area contributed by atoms with E-state index in [-0.39, 0.29) is 5.97 Å². The third-order valence-corrected chi connectivity index (χ3v) is 1.96. The van der Waals surface area contributed by atoms with Crippen molar-refractivity contribution in [1.29, 1.82) is 0 Å². The Labute approximate surface area is 87.6 Å². The molecule has 0 aromatic heterocycles. The Kier molecular flexibility index (Phi) is 3.77. The van der Waals surface area contributed by atoms with Crippen LogP contribution in [0.1, 0.15) is 17.3 Å². The average molecular weight is 215 g/mol. The third kappa shape index (κ3) is 2.39. The van der Waals surface area contributed by atoms with Gasteiger partial charge in [0.1, 0.15) is 5.75 Å². The molecule has 14 heavy (non-hydrogen) atoms. The molecular weight excluding hydrogens is 204 g/mol. The molecule has 0 aliphatic carbocycles. The van der Waals surface area contributed by atoms with E-state index in [0.717, 1.165) is 0 Å². The van der Waals surface area contributed by atoms with Crippen molar-refractivity contribution in [2.24, 2.45) is 0 Å². The van der Waals surface area contributed by atoms with Crippen LogP contribution in [0.3, 0.4) is 0 Å². The minimum atomic E-state index is -0.378. The highest BCUT2D eigenvalue weighted by atomic mass is 35.5. The lowest BCUT2D eigenvalue weighted by molar-refractivity contribution is 0.0526. The number of carbonyl (C=O) groups excluding carboxylic acids is 1. The lowest BCUT2D eigenvalue weighted by Gasteiger charge is -2.05. The van der Waals surface area contributed by atoms with Gasteiger partial charge in [-0.25, -0.2) is 4.79 Å². The number of halogens is 1. The maximum Gasteiger partial charge on any atom is 0.338 e. The molecule has 4 heteroatoms. The molecule has 0 unspecified atom stereocenters. The normalized spacial score (nSPS) is 9.64. The number of hydrogen-bond acceptors (Lipinski definition) is 3. The number of hydrogen-bond donors (Lipinski definition) is 0. The smallest absolute Gasteiger partial charge is 0.338 e. The van der Waals surface area contributed by atoms with Gasteiger partial charge in [-0.15, -0.1) is 0 Å². The highest BCUT2D eigenvalue weighted by Gasteiger charge is 2.09. The fraction of sp³-hybridized carbons (Fsp3) is 0.300. The summed E-state index contributed by atoms with van der Waals surface area (Å²) in [6.45, 7) is 2.10. The van der Waals surface area contributed by atoms with Crippen molar-refractivity contribution >= 4 is 17.6 Å². The lowest BCUT2D eigenvalue weighted by Crippen LogP contribution is -2.04. The summed E-state index contributed by atoms with van der Waals surface area (Å²) in [6, 6.07) is 4.77. The fourth-order valence-corrected chi connectivity index (χ4v) is 1.27. The quantitative estimate of drug-likeness (QED) is 0.726. The van der Waals surface area contributed by atoms with Gasteiger partial charge in [0.25, 0.3) is 0 Å². The molecule has 0 heterocycles. The van der Waals surface area contributed by atoms with Crippen LogP contribution in [0.25, 0.3) is 0 Å². The van der Waals surface area contributed by atoms with Gasteiger partial charge in [0, 0.05) is 0 Å². The number of rotatable bonds is 3. The van der Waals surface area contributed by atoms with Crippen LogP contribution in [0.2, 0.25) is 5.02 Å².